The number of aromatic nitrogens is 3. The Bertz CT molecular complexity index is 1590. The highest BCUT2D eigenvalue weighted by atomic mass is 35.5. The number of aliphatic imine (C=N–C) groups is 1. The number of methoxy groups -OCH3 is 1. The van der Waals surface area contributed by atoms with Gasteiger partial charge in [0, 0.05) is 16.0 Å². The summed E-state index contributed by atoms with van der Waals surface area (Å²) in [5.74, 6) is -0.121. The van der Waals surface area contributed by atoms with E-state index in [1.165, 1.54) is 13.2 Å². The monoisotopic (exact) mass is 534 g/mol. The number of carbonyl (C=O) groups excluding carboxylic acids is 1. The van der Waals surface area contributed by atoms with Gasteiger partial charge in [0.1, 0.15) is 16.9 Å². The smallest absolute Gasteiger partial charge is 0.337 e. The number of hydrogen-bond donors (Lipinski definition) is 1. The maximum Gasteiger partial charge on any atom is 0.337 e. The third kappa shape index (κ3) is 4.34. The fourth-order valence-electron chi connectivity index (χ4n) is 4.45. The molecule has 0 aliphatic carbocycles. The first-order chi connectivity index (χ1) is 17.7. The number of esters is 1. The number of benzene rings is 2. The molecule has 0 saturated carbocycles. The van der Waals surface area contributed by atoms with Gasteiger partial charge in [0.25, 0.3) is 0 Å². The van der Waals surface area contributed by atoms with Crippen LogP contribution in [0.1, 0.15) is 56.0 Å². The Morgan fingerprint density at radius 2 is 1.73 bits per heavy atom. The topological polar surface area (TPSA) is 107 Å². The molecule has 0 fully saturated rings. The first-order valence-electron chi connectivity index (χ1n) is 11.5. The van der Waals surface area contributed by atoms with Crippen molar-refractivity contribution in [3.63, 3.8) is 0 Å². The summed E-state index contributed by atoms with van der Waals surface area (Å²) in [6.45, 7) is 6.03. The van der Waals surface area contributed by atoms with E-state index in [1.807, 2.05) is 35.8 Å². The van der Waals surface area contributed by atoms with Crippen LogP contribution in [0.15, 0.2) is 47.5 Å². The van der Waals surface area contributed by atoms with Crippen molar-refractivity contribution in [1.29, 1.82) is 0 Å². The number of rotatable bonds is 5. The van der Waals surface area contributed by atoms with Crippen molar-refractivity contribution in [2.75, 3.05) is 7.11 Å². The molecule has 4 aromatic rings. The van der Waals surface area contributed by atoms with E-state index >= 15 is 0 Å². The second-order valence-electron chi connectivity index (χ2n) is 8.76. The molecule has 1 atom stereocenters. The molecule has 5 rings (SSSR count). The molecular formula is C27H23ClN4O4S. The highest BCUT2D eigenvalue weighted by Gasteiger charge is 2.32. The highest BCUT2D eigenvalue weighted by molar-refractivity contribution is 7.15. The van der Waals surface area contributed by atoms with Crippen molar-refractivity contribution in [2.24, 2.45) is 4.99 Å². The number of nitrogens with zero attached hydrogens (tertiary/aromatic N) is 4. The van der Waals surface area contributed by atoms with Crippen LogP contribution in [0.3, 0.4) is 0 Å². The number of halogens is 1. The van der Waals surface area contributed by atoms with Crippen LogP contribution >= 0.6 is 22.9 Å². The predicted octanol–water partition coefficient (Wildman–Crippen LogP) is 5.73. The summed E-state index contributed by atoms with van der Waals surface area (Å²) >= 11 is 7.83. The molecule has 0 unspecified atom stereocenters. The molecule has 1 N–H and O–H groups in total. The quantitative estimate of drug-likeness (QED) is 0.328. The average Bonchev–Trinajstić information content (AvgIpc) is 3.35. The van der Waals surface area contributed by atoms with Gasteiger partial charge >= 0.3 is 11.9 Å². The fourth-order valence-corrected chi connectivity index (χ4v) is 5.93. The molecular weight excluding hydrogens is 512 g/mol. The molecule has 8 nitrogen and oxygen atoms in total. The van der Waals surface area contributed by atoms with Gasteiger partial charge < -0.3 is 9.84 Å². The Morgan fingerprint density at radius 3 is 2.38 bits per heavy atom. The molecule has 188 valence electrons. The van der Waals surface area contributed by atoms with Crippen LogP contribution in [0.2, 0.25) is 5.02 Å². The Hall–Kier alpha value is -3.82. The van der Waals surface area contributed by atoms with E-state index in [4.69, 9.17) is 21.3 Å². The zero-order chi connectivity index (χ0) is 26.4. The SMILES string of the molecule is COC(=O)C[C@@H]1N=C(c2ccc(-c3ccc(C(=O)O)c(Cl)c3)cc2)c2c(sc(C)c2C)-n2c(C)nnc21. The summed E-state index contributed by atoms with van der Waals surface area (Å²) < 4.78 is 6.94. The summed E-state index contributed by atoms with van der Waals surface area (Å²) in [7, 11) is 1.36. The number of aryl methyl sites for hydroxylation is 2. The third-order valence-corrected chi connectivity index (χ3v) is 8.02. The van der Waals surface area contributed by atoms with E-state index < -0.39 is 12.0 Å². The zero-order valence-electron chi connectivity index (χ0n) is 20.6. The van der Waals surface area contributed by atoms with E-state index in [-0.39, 0.29) is 23.0 Å². The predicted molar refractivity (Wildman–Crippen MR) is 142 cm³/mol. The first-order valence-corrected chi connectivity index (χ1v) is 12.7. The molecule has 3 heterocycles. The summed E-state index contributed by atoms with van der Waals surface area (Å²) in [6.07, 6.45) is 0.0393. The molecule has 10 heteroatoms. The Morgan fingerprint density at radius 1 is 1.05 bits per heavy atom. The molecule has 0 spiro atoms. The van der Waals surface area contributed by atoms with Crippen LogP contribution in [0, 0.1) is 20.8 Å². The summed E-state index contributed by atoms with van der Waals surface area (Å²) in [5.41, 5.74) is 5.49. The van der Waals surface area contributed by atoms with Crippen LogP contribution in [0.25, 0.3) is 16.1 Å². The Labute approximate surface area is 222 Å². The molecule has 37 heavy (non-hydrogen) atoms. The minimum atomic E-state index is -1.07. The lowest BCUT2D eigenvalue weighted by Gasteiger charge is -2.12. The van der Waals surface area contributed by atoms with Gasteiger partial charge in [0.2, 0.25) is 0 Å². The van der Waals surface area contributed by atoms with Crippen molar-refractivity contribution in [3.05, 3.63) is 86.3 Å². The molecule has 0 amide bonds. The minimum absolute atomic E-state index is 0.0393. The van der Waals surface area contributed by atoms with Crippen molar-refractivity contribution >= 4 is 40.6 Å². The van der Waals surface area contributed by atoms with Crippen LogP contribution in [-0.2, 0) is 9.53 Å². The summed E-state index contributed by atoms with van der Waals surface area (Å²) in [4.78, 5) is 29.8. The molecule has 2 aromatic heterocycles. The van der Waals surface area contributed by atoms with Crippen molar-refractivity contribution in [3.8, 4) is 16.1 Å². The lowest BCUT2D eigenvalue weighted by atomic mass is 9.96. The van der Waals surface area contributed by atoms with Gasteiger partial charge in [-0.15, -0.1) is 21.5 Å². The van der Waals surface area contributed by atoms with Crippen LogP contribution in [-0.4, -0.2) is 44.6 Å². The fraction of sp³-hybridized carbons (Fsp3) is 0.222. The van der Waals surface area contributed by atoms with Crippen LogP contribution in [0.5, 0.6) is 0 Å². The normalized spacial score (nSPS) is 14.4. The van der Waals surface area contributed by atoms with Gasteiger partial charge in [0.05, 0.1) is 29.8 Å². The zero-order valence-corrected chi connectivity index (χ0v) is 22.1. The minimum Gasteiger partial charge on any atom is -0.478 e. The summed E-state index contributed by atoms with van der Waals surface area (Å²) in [5, 5.41) is 19.1. The van der Waals surface area contributed by atoms with Crippen LogP contribution in [0.4, 0.5) is 0 Å². The van der Waals surface area contributed by atoms with Gasteiger partial charge in [0.15, 0.2) is 5.82 Å². The lowest BCUT2D eigenvalue weighted by molar-refractivity contribution is -0.141. The van der Waals surface area contributed by atoms with E-state index in [0.29, 0.717) is 5.82 Å². The van der Waals surface area contributed by atoms with Crippen molar-refractivity contribution in [1.82, 2.24) is 14.8 Å². The van der Waals surface area contributed by atoms with E-state index in [9.17, 15) is 14.7 Å². The van der Waals surface area contributed by atoms with Crippen molar-refractivity contribution < 1.29 is 19.4 Å². The second kappa shape index (κ2) is 9.57. The third-order valence-electron chi connectivity index (χ3n) is 6.52. The molecule has 0 bridgehead atoms. The largest absolute Gasteiger partial charge is 0.478 e. The molecule has 1 aliphatic rings. The van der Waals surface area contributed by atoms with E-state index in [1.54, 1.807) is 23.5 Å². The van der Waals surface area contributed by atoms with Crippen LogP contribution < -0.4 is 0 Å². The standard InChI is InChI=1S/C27H23ClN4O4S/c1-13-14(2)37-26-23(13)24(29-21(12-22(33)36-4)25-31-30-15(3)32(25)26)17-7-5-16(6-8-17)18-9-10-19(27(34)35)20(28)11-18/h5-11,21H,12H2,1-4H3,(H,34,35)/t21-/m0/s1. The first kappa shape index (κ1) is 24.9. The number of carboxylic acids is 1. The second-order valence-corrected chi connectivity index (χ2v) is 10.4. The van der Waals surface area contributed by atoms with E-state index in [0.717, 1.165) is 49.2 Å². The molecule has 0 saturated heterocycles. The Balaban J connectivity index is 1.63. The lowest BCUT2D eigenvalue weighted by Crippen LogP contribution is -2.12. The average molecular weight is 535 g/mol. The maximum atomic E-state index is 12.3. The number of thiophene rings is 1. The number of carbonyl (C=O) groups is 2. The number of fused-ring (bicyclic) bond motifs is 3. The highest BCUT2D eigenvalue weighted by Crippen LogP contribution is 2.39. The van der Waals surface area contributed by atoms with Gasteiger partial charge in [-0.1, -0.05) is 41.9 Å². The molecule has 0 radical (unpaired) electrons. The van der Waals surface area contributed by atoms with Gasteiger partial charge in [-0.05, 0) is 49.6 Å². The number of carboxylic acid groups (broad SMARTS) is 1. The van der Waals surface area contributed by atoms with Gasteiger partial charge in [-0.3, -0.25) is 14.4 Å². The Kier molecular flexibility index (Phi) is 6.43. The molecule has 1 aliphatic heterocycles. The number of hydrogen-bond acceptors (Lipinski definition) is 7. The number of ether oxygens (including phenoxy) is 1. The van der Waals surface area contributed by atoms with E-state index in [2.05, 4.69) is 24.0 Å². The summed E-state index contributed by atoms with van der Waals surface area (Å²) in [6, 6.07) is 12.2. The van der Waals surface area contributed by atoms with Crippen molar-refractivity contribution in [2.45, 2.75) is 33.2 Å². The number of aromatic carboxylic acids is 1. The molecule has 2 aromatic carbocycles. The van der Waals surface area contributed by atoms with Gasteiger partial charge in [-0.25, -0.2) is 4.79 Å². The van der Waals surface area contributed by atoms with Gasteiger partial charge in [-0.2, -0.15) is 0 Å². The maximum absolute atomic E-state index is 12.3.